The second-order valence-electron chi connectivity index (χ2n) is 6.37. The molecule has 1 amide bonds. The summed E-state index contributed by atoms with van der Waals surface area (Å²) in [6, 6.07) is 4.29. The van der Waals surface area contributed by atoms with E-state index in [1.807, 2.05) is 23.1 Å². The smallest absolute Gasteiger partial charge is 0.247 e. The van der Waals surface area contributed by atoms with Crippen LogP contribution in [0, 0.1) is 6.92 Å². The van der Waals surface area contributed by atoms with E-state index in [-0.39, 0.29) is 11.9 Å². The van der Waals surface area contributed by atoms with Crippen molar-refractivity contribution in [3.63, 3.8) is 0 Å². The Morgan fingerprint density at radius 1 is 1.35 bits per heavy atom. The van der Waals surface area contributed by atoms with Gasteiger partial charge in [-0.1, -0.05) is 0 Å². The fraction of sp³-hybridized carbons (Fsp3) is 0.562. The van der Waals surface area contributed by atoms with E-state index in [9.17, 15) is 13.2 Å². The van der Waals surface area contributed by atoms with Gasteiger partial charge in [-0.15, -0.1) is 11.3 Å². The van der Waals surface area contributed by atoms with Crippen molar-refractivity contribution in [3.8, 4) is 0 Å². The van der Waals surface area contributed by atoms with Gasteiger partial charge in [0.1, 0.15) is 11.8 Å². The quantitative estimate of drug-likeness (QED) is 0.776. The Bertz CT molecular complexity index is 701. The Morgan fingerprint density at radius 2 is 2.09 bits per heavy atom. The third kappa shape index (κ3) is 4.22. The molecule has 0 bridgehead atoms. The van der Waals surface area contributed by atoms with Crippen molar-refractivity contribution in [1.29, 1.82) is 0 Å². The number of thiophene rings is 1. The molecule has 2 aliphatic rings. The Hall–Kier alpha value is -1.18. The van der Waals surface area contributed by atoms with Crippen molar-refractivity contribution in [2.45, 2.75) is 19.4 Å². The predicted molar refractivity (Wildman–Crippen MR) is 92.4 cm³/mol. The first-order valence-corrected chi connectivity index (χ1v) is 10.7. The van der Waals surface area contributed by atoms with Gasteiger partial charge in [0, 0.05) is 22.3 Å². The van der Waals surface area contributed by atoms with Crippen LogP contribution in [0.4, 0.5) is 0 Å². The summed E-state index contributed by atoms with van der Waals surface area (Å²) in [6.07, 6.45) is 4.29. The van der Waals surface area contributed by atoms with E-state index in [1.165, 1.54) is 9.78 Å². The van der Waals surface area contributed by atoms with Crippen LogP contribution in [-0.2, 0) is 14.6 Å². The normalized spacial score (nSPS) is 25.3. The van der Waals surface area contributed by atoms with Crippen molar-refractivity contribution in [1.82, 2.24) is 4.90 Å². The maximum atomic E-state index is 12.2. The highest BCUT2D eigenvalue weighted by Crippen LogP contribution is 2.16. The molecule has 1 aromatic heterocycles. The predicted octanol–water partition coefficient (Wildman–Crippen LogP) is -0.0161. The zero-order valence-electron chi connectivity index (χ0n) is 13.3. The third-order valence-electron chi connectivity index (χ3n) is 4.68. The number of quaternary nitrogens is 1. The number of rotatable bonds is 3. The van der Waals surface area contributed by atoms with Crippen LogP contribution in [0.25, 0.3) is 6.08 Å². The summed E-state index contributed by atoms with van der Waals surface area (Å²) in [4.78, 5) is 17.8. The maximum Gasteiger partial charge on any atom is 0.247 e. The van der Waals surface area contributed by atoms with Crippen LogP contribution >= 0.6 is 11.3 Å². The third-order valence-corrected chi connectivity index (χ3v) is 7.41. The highest BCUT2D eigenvalue weighted by Gasteiger charge is 2.37. The van der Waals surface area contributed by atoms with E-state index in [2.05, 4.69) is 6.92 Å². The van der Waals surface area contributed by atoms with Gasteiger partial charge in [-0.25, -0.2) is 8.42 Å². The summed E-state index contributed by atoms with van der Waals surface area (Å²) in [5.74, 6) is 0.690. The highest BCUT2D eigenvalue weighted by atomic mass is 32.2. The number of aryl methyl sites for hydroxylation is 1. The molecule has 3 heterocycles. The first kappa shape index (κ1) is 16.7. The molecule has 1 atom stereocenters. The van der Waals surface area contributed by atoms with Crippen LogP contribution < -0.4 is 4.90 Å². The summed E-state index contributed by atoms with van der Waals surface area (Å²) in [5, 5.41) is 0. The van der Waals surface area contributed by atoms with Gasteiger partial charge in [-0.2, -0.15) is 0 Å². The summed E-state index contributed by atoms with van der Waals surface area (Å²) < 4.78 is 23.2. The second kappa shape index (κ2) is 6.75. The lowest BCUT2D eigenvalue weighted by Crippen LogP contribution is -3.18. The topological polar surface area (TPSA) is 58.9 Å². The molecule has 7 heteroatoms. The van der Waals surface area contributed by atoms with Crippen molar-refractivity contribution < 1.29 is 18.1 Å². The molecule has 3 rings (SSSR count). The van der Waals surface area contributed by atoms with E-state index < -0.39 is 9.84 Å². The average Bonchev–Trinajstić information content (AvgIpc) is 3.10. The molecule has 0 spiro atoms. The van der Waals surface area contributed by atoms with Gasteiger partial charge in [0.2, 0.25) is 5.91 Å². The van der Waals surface area contributed by atoms with Crippen LogP contribution in [0.3, 0.4) is 0 Å². The SMILES string of the molecule is Cc1ccc(/C=C/C(=O)N2CC[NH+]([C@@H]3CCS(=O)(=O)C3)CC2)s1. The molecule has 0 saturated carbocycles. The van der Waals surface area contributed by atoms with Gasteiger partial charge >= 0.3 is 0 Å². The molecule has 126 valence electrons. The van der Waals surface area contributed by atoms with Crippen LogP contribution in [0.5, 0.6) is 0 Å². The van der Waals surface area contributed by atoms with E-state index >= 15 is 0 Å². The Kier molecular flexibility index (Phi) is 4.89. The van der Waals surface area contributed by atoms with E-state index in [4.69, 9.17) is 0 Å². The fourth-order valence-electron chi connectivity index (χ4n) is 3.34. The minimum atomic E-state index is -2.82. The molecule has 1 N–H and O–H groups in total. The van der Waals surface area contributed by atoms with Gasteiger partial charge < -0.3 is 9.80 Å². The number of hydrogen-bond donors (Lipinski definition) is 1. The van der Waals surface area contributed by atoms with Gasteiger partial charge in [0.15, 0.2) is 9.84 Å². The van der Waals surface area contributed by atoms with Crippen LogP contribution in [-0.4, -0.2) is 63.0 Å². The summed E-state index contributed by atoms with van der Waals surface area (Å²) in [6.45, 7) is 5.15. The van der Waals surface area contributed by atoms with Crippen LogP contribution in [0.2, 0.25) is 0 Å². The van der Waals surface area contributed by atoms with E-state index in [0.29, 0.717) is 24.6 Å². The minimum absolute atomic E-state index is 0.0501. The average molecular weight is 356 g/mol. The standard InChI is InChI=1S/C16H22N2O3S2/c1-13-2-3-15(22-13)4-5-16(19)18-9-7-17(8-10-18)14-6-11-23(20,21)12-14/h2-5,14H,6-12H2,1H3/p+1/b5-4+/t14-/m1/s1. The first-order valence-electron chi connectivity index (χ1n) is 8.01. The largest absolute Gasteiger partial charge is 0.329 e. The summed E-state index contributed by atoms with van der Waals surface area (Å²) >= 11 is 1.67. The zero-order valence-corrected chi connectivity index (χ0v) is 15.0. The lowest BCUT2D eigenvalue weighted by atomic mass is 10.2. The minimum Gasteiger partial charge on any atom is -0.329 e. The van der Waals surface area contributed by atoms with Gasteiger partial charge in [-0.05, 0) is 25.1 Å². The number of hydrogen-bond acceptors (Lipinski definition) is 4. The molecule has 2 fully saturated rings. The fourth-order valence-corrected chi connectivity index (χ4v) is 5.95. The number of piperazine rings is 1. The molecule has 0 aromatic carbocycles. The van der Waals surface area contributed by atoms with Crippen LogP contribution in [0.1, 0.15) is 16.2 Å². The van der Waals surface area contributed by atoms with Crippen molar-refractivity contribution in [3.05, 3.63) is 28.0 Å². The molecular formula is C16H23N2O3S2+. The molecule has 1 aromatic rings. The monoisotopic (exact) mass is 355 g/mol. The Balaban J connectivity index is 1.50. The van der Waals surface area contributed by atoms with Gasteiger partial charge in [-0.3, -0.25) is 4.79 Å². The molecule has 5 nitrogen and oxygen atoms in total. The molecule has 0 unspecified atom stereocenters. The molecular weight excluding hydrogens is 332 g/mol. The molecule has 2 saturated heterocycles. The number of carbonyl (C=O) groups excluding carboxylic acids is 1. The number of nitrogens with zero attached hydrogens (tertiary/aromatic N) is 1. The van der Waals surface area contributed by atoms with Crippen molar-refractivity contribution in [2.24, 2.45) is 0 Å². The van der Waals surface area contributed by atoms with Gasteiger partial charge in [0.05, 0.1) is 31.9 Å². The molecule has 2 aliphatic heterocycles. The second-order valence-corrected chi connectivity index (χ2v) is 9.91. The van der Waals surface area contributed by atoms with Crippen molar-refractivity contribution in [2.75, 3.05) is 37.7 Å². The Morgan fingerprint density at radius 3 is 2.65 bits per heavy atom. The Labute approximate surface area is 141 Å². The summed E-state index contributed by atoms with van der Waals surface area (Å²) in [5.41, 5.74) is 0. The number of carbonyl (C=O) groups is 1. The zero-order chi connectivity index (χ0) is 16.4. The molecule has 23 heavy (non-hydrogen) atoms. The van der Waals surface area contributed by atoms with Crippen LogP contribution in [0.15, 0.2) is 18.2 Å². The lowest BCUT2D eigenvalue weighted by molar-refractivity contribution is -0.925. The van der Waals surface area contributed by atoms with E-state index in [1.54, 1.807) is 17.4 Å². The van der Waals surface area contributed by atoms with E-state index in [0.717, 1.165) is 24.4 Å². The number of nitrogens with one attached hydrogen (secondary N) is 1. The first-order chi connectivity index (χ1) is 10.9. The lowest BCUT2D eigenvalue weighted by Gasteiger charge is -2.34. The molecule has 0 aliphatic carbocycles. The summed E-state index contributed by atoms with van der Waals surface area (Å²) in [7, 11) is -2.82. The number of sulfone groups is 1. The number of amides is 1. The highest BCUT2D eigenvalue weighted by molar-refractivity contribution is 7.91. The van der Waals surface area contributed by atoms with Crippen molar-refractivity contribution >= 4 is 33.2 Å². The maximum absolute atomic E-state index is 12.2. The molecule has 0 radical (unpaired) electrons. The van der Waals surface area contributed by atoms with Gasteiger partial charge in [0.25, 0.3) is 0 Å².